The Morgan fingerprint density at radius 3 is 2.63 bits per heavy atom. The molecule has 2 fully saturated rings. The molecule has 0 radical (unpaired) electrons. The molecule has 1 aromatic carbocycles. The van der Waals surface area contributed by atoms with Crippen LogP contribution >= 0.6 is 11.3 Å². The van der Waals surface area contributed by atoms with Gasteiger partial charge in [0.1, 0.15) is 0 Å². The van der Waals surface area contributed by atoms with Crippen LogP contribution in [0.4, 0.5) is 4.79 Å². The zero-order chi connectivity index (χ0) is 24.4. The average molecular weight is 489 g/mol. The summed E-state index contributed by atoms with van der Waals surface area (Å²) in [5.74, 6) is -0.293. The van der Waals surface area contributed by atoms with E-state index in [0.29, 0.717) is 37.9 Å². The third-order valence-electron chi connectivity index (χ3n) is 7.23. The highest BCUT2D eigenvalue weighted by atomic mass is 32.1. The van der Waals surface area contributed by atoms with Crippen LogP contribution in [0.15, 0.2) is 65.6 Å². The Morgan fingerprint density at radius 1 is 1.14 bits per heavy atom. The van der Waals surface area contributed by atoms with E-state index in [4.69, 9.17) is 0 Å². The third kappa shape index (κ3) is 4.34. The molecule has 8 heteroatoms. The number of carbonyl (C=O) groups excluding carboxylic acids is 3. The lowest BCUT2D eigenvalue weighted by Crippen LogP contribution is -2.54. The van der Waals surface area contributed by atoms with Crippen molar-refractivity contribution in [3.63, 3.8) is 0 Å². The third-order valence-corrected chi connectivity index (χ3v) is 7.96. The van der Waals surface area contributed by atoms with Gasteiger partial charge in [0.05, 0.1) is 13.0 Å². The van der Waals surface area contributed by atoms with Crippen molar-refractivity contribution in [3.05, 3.63) is 87.9 Å². The molecule has 7 nitrogen and oxygen atoms in total. The first-order valence-electron chi connectivity index (χ1n) is 11.9. The second kappa shape index (κ2) is 9.62. The van der Waals surface area contributed by atoms with E-state index in [9.17, 15) is 14.4 Å². The summed E-state index contributed by atoms with van der Waals surface area (Å²) in [7, 11) is 0. The predicted octanol–water partition coefficient (Wildman–Crippen LogP) is 3.88. The van der Waals surface area contributed by atoms with Gasteiger partial charge in [-0.15, -0.1) is 0 Å². The normalized spacial score (nSPS) is 20.8. The molecule has 4 amide bonds. The fraction of sp³-hybridized carbons (Fsp3) is 0.333. The minimum Gasteiger partial charge on any atom is -0.342 e. The molecule has 1 atom stereocenters. The number of hydrogen-bond donors (Lipinski definition) is 1. The Morgan fingerprint density at radius 2 is 1.94 bits per heavy atom. The van der Waals surface area contributed by atoms with Gasteiger partial charge in [0.2, 0.25) is 5.91 Å². The van der Waals surface area contributed by atoms with Crippen LogP contribution in [0.3, 0.4) is 0 Å². The molecule has 2 aliphatic rings. The van der Waals surface area contributed by atoms with Crippen LogP contribution in [0.25, 0.3) is 0 Å². The van der Waals surface area contributed by atoms with Crippen molar-refractivity contribution in [1.82, 2.24) is 20.1 Å². The van der Waals surface area contributed by atoms with Crippen molar-refractivity contribution in [2.24, 2.45) is 5.92 Å². The minimum absolute atomic E-state index is 0.0917. The van der Waals surface area contributed by atoms with Crippen LogP contribution in [0.2, 0.25) is 0 Å². The number of urea groups is 1. The summed E-state index contributed by atoms with van der Waals surface area (Å²) in [6.45, 7) is 3.35. The maximum atomic E-state index is 13.9. The molecule has 5 rings (SSSR count). The Hall–Kier alpha value is -3.52. The molecular formula is C27H28N4O3S. The lowest BCUT2D eigenvalue weighted by molar-refractivity contribution is -0.136. The lowest BCUT2D eigenvalue weighted by Gasteiger charge is -2.41. The van der Waals surface area contributed by atoms with E-state index in [0.717, 1.165) is 16.7 Å². The molecule has 2 aromatic heterocycles. The van der Waals surface area contributed by atoms with Crippen LogP contribution in [0.1, 0.15) is 35.1 Å². The molecule has 1 N–H and O–H groups in total. The first-order valence-corrected chi connectivity index (χ1v) is 12.8. The number of imide groups is 1. The number of pyridine rings is 1. The minimum atomic E-state index is -1.17. The highest BCUT2D eigenvalue weighted by Crippen LogP contribution is 2.41. The van der Waals surface area contributed by atoms with E-state index in [1.54, 1.807) is 18.5 Å². The van der Waals surface area contributed by atoms with Crippen molar-refractivity contribution < 1.29 is 14.4 Å². The number of nitrogens with zero attached hydrogens (tertiary/aromatic N) is 3. The van der Waals surface area contributed by atoms with Gasteiger partial charge in [0.15, 0.2) is 5.54 Å². The largest absolute Gasteiger partial charge is 0.342 e. The SMILES string of the molecule is Cc1ccccc1CC(=O)N1CCC(C2(c3cccnc3)NC(=O)N(Cc3ccsc3)C2=O)CC1. The van der Waals surface area contributed by atoms with Gasteiger partial charge in [0, 0.05) is 31.0 Å². The molecule has 4 heterocycles. The second-order valence-electron chi connectivity index (χ2n) is 9.26. The number of benzene rings is 1. The van der Waals surface area contributed by atoms with Crippen LogP contribution in [0.5, 0.6) is 0 Å². The number of aromatic nitrogens is 1. The number of nitrogens with one attached hydrogen (secondary N) is 1. The Bertz CT molecular complexity index is 1220. The van der Waals surface area contributed by atoms with Gasteiger partial charge >= 0.3 is 6.03 Å². The van der Waals surface area contributed by atoms with E-state index < -0.39 is 5.54 Å². The standard InChI is InChI=1S/C27H28N4O3S/c1-19-5-2-3-6-21(19)15-24(32)30-12-8-22(9-13-30)27(23-7-4-11-28-16-23)25(33)31(26(34)29-27)17-20-10-14-35-18-20/h2-7,10-11,14,16,18,22H,8-9,12-13,15,17H2,1H3,(H,29,34). The molecule has 0 saturated carbocycles. The molecule has 35 heavy (non-hydrogen) atoms. The van der Waals surface area contributed by atoms with Gasteiger partial charge in [-0.2, -0.15) is 11.3 Å². The summed E-state index contributed by atoms with van der Waals surface area (Å²) in [5.41, 5.74) is 2.59. The van der Waals surface area contributed by atoms with Gasteiger partial charge in [-0.3, -0.25) is 19.5 Å². The molecule has 0 spiro atoms. The first-order chi connectivity index (χ1) is 17.0. The number of carbonyl (C=O) groups is 3. The van der Waals surface area contributed by atoms with Gasteiger partial charge < -0.3 is 10.2 Å². The number of hydrogen-bond acceptors (Lipinski definition) is 5. The number of likely N-dealkylation sites (tertiary alicyclic amines) is 1. The summed E-state index contributed by atoms with van der Waals surface area (Å²) in [6, 6.07) is 13.1. The van der Waals surface area contributed by atoms with E-state index >= 15 is 0 Å². The van der Waals surface area contributed by atoms with Crippen LogP contribution < -0.4 is 5.32 Å². The molecule has 2 aliphatic heterocycles. The zero-order valence-corrected chi connectivity index (χ0v) is 20.5. The summed E-state index contributed by atoms with van der Waals surface area (Å²) in [5, 5.41) is 6.94. The molecule has 180 valence electrons. The van der Waals surface area contributed by atoms with E-state index in [-0.39, 0.29) is 30.3 Å². The molecule has 3 aromatic rings. The van der Waals surface area contributed by atoms with Crippen LogP contribution in [0, 0.1) is 12.8 Å². The highest BCUT2D eigenvalue weighted by molar-refractivity contribution is 7.07. The van der Waals surface area contributed by atoms with Gasteiger partial charge in [-0.25, -0.2) is 4.79 Å². The van der Waals surface area contributed by atoms with Gasteiger partial charge in [0.25, 0.3) is 5.91 Å². The second-order valence-corrected chi connectivity index (χ2v) is 10.0. The maximum Gasteiger partial charge on any atom is 0.325 e. The van der Waals surface area contributed by atoms with Crippen molar-refractivity contribution in [1.29, 1.82) is 0 Å². The van der Waals surface area contributed by atoms with Crippen molar-refractivity contribution in [2.75, 3.05) is 13.1 Å². The van der Waals surface area contributed by atoms with Crippen molar-refractivity contribution in [2.45, 2.75) is 38.3 Å². The van der Waals surface area contributed by atoms with E-state index in [1.165, 1.54) is 16.2 Å². The van der Waals surface area contributed by atoms with Crippen LogP contribution in [-0.2, 0) is 28.1 Å². The number of rotatable bonds is 6. The molecule has 0 bridgehead atoms. The zero-order valence-electron chi connectivity index (χ0n) is 19.6. The fourth-order valence-electron chi connectivity index (χ4n) is 5.25. The van der Waals surface area contributed by atoms with Gasteiger partial charge in [-0.05, 0) is 65.3 Å². The summed E-state index contributed by atoms with van der Waals surface area (Å²) < 4.78 is 0. The van der Waals surface area contributed by atoms with E-state index in [1.807, 2.05) is 59.0 Å². The average Bonchev–Trinajstić information content (AvgIpc) is 3.49. The number of aryl methyl sites for hydroxylation is 1. The quantitative estimate of drug-likeness (QED) is 0.534. The summed E-state index contributed by atoms with van der Waals surface area (Å²) in [6.07, 6.45) is 4.94. The Balaban J connectivity index is 1.36. The van der Waals surface area contributed by atoms with Crippen molar-refractivity contribution in [3.8, 4) is 0 Å². The maximum absolute atomic E-state index is 13.9. The highest BCUT2D eigenvalue weighted by Gasteiger charge is 2.57. The summed E-state index contributed by atoms with van der Waals surface area (Å²) in [4.78, 5) is 47.4. The Labute approximate surface area is 208 Å². The van der Waals surface area contributed by atoms with Crippen LogP contribution in [-0.4, -0.2) is 45.7 Å². The van der Waals surface area contributed by atoms with E-state index in [2.05, 4.69) is 10.3 Å². The smallest absolute Gasteiger partial charge is 0.325 e. The first kappa shape index (κ1) is 23.2. The number of piperidine rings is 1. The topological polar surface area (TPSA) is 82.6 Å². The predicted molar refractivity (Wildman–Crippen MR) is 134 cm³/mol. The molecular weight excluding hydrogens is 460 g/mol. The van der Waals surface area contributed by atoms with Gasteiger partial charge in [-0.1, -0.05) is 30.3 Å². The monoisotopic (exact) mass is 488 g/mol. The molecule has 1 unspecified atom stereocenters. The Kier molecular flexibility index (Phi) is 6.38. The lowest BCUT2D eigenvalue weighted by atomic mass is 9.73. The van der Waals surface area contributed by atoms with Crippen molar-refractivity contribution >= 4 is 29.2 Å². The number of thiophene rings is 1. The fourth-order valence-corrected chi connectivity index (χ4v) is 5.91. The molecule has 2 saturated heterocycles. The molecule has 0 aliphatic carbocycles. The number of amides is 4. The summed E-state index contributed by atoms with van der Waals surface area (Å²) >= 11 is 1.54.